The van der Waals surface area contributed by atoms with Gasteiger partial charge in [-0.3, -0.25) is 9.55 Å². The van der Waals surface area contributed by atoms with Crippen molar-refractivity contribution in [3.05, 3.63) is 77.1 Å². The summed E-state index contributed by atoms with van der Waals surface area (Å²) < 4.78 is 40.5. The third kappa shape index (κ3) is 3.46. The van der Waals surface area contributed by atoms with E-state index in [0.29, 0.717) is 0 Å². The van der Waals surface area contributed by atoms with E-state index < -0.39 is 29.0 Å². The van der Waals surface area contributed by atoms with Crippen LogP contribution in [0, 0.1) is 5.82 Å². The van der Waals surface area contributed by atoms with Crippen LogP contribution in [-0.2, 0) is 11.4 Å². The highest BCUT2D eigenvalue weighted by molar-refractivity contribution is 7.93. The third-order valence-electron chi connectivity index (χ3n) is 4.96. The van der Waals surface area contributed by atoms with E-state index in [4.69, 9.17) is 4.42 Å². The van der Waals surface area contributed by atoms with Gasteiger partial charge in [0.25, 0.3) is 0 Å². The Hall–Kier alpha value is -3.28. The molecule has 0 spiro atoms. The van der Waals surface area contributed by atoms with Gasteiger partial charge < -0.3 is 8.97 Å². The van der Waals surface area contributed by atoms with E-state index in [2.05, 4.69) is 19.1 Å². The van der Waals surface area contributed by atoms with Gasteiger partial charge in [-0.05, 0) is 23.9 Å². The van der Waals surface area contributed by atoms with Gasteiger partial charge >= 0.3 is 5.76 Å². The number of pyridine rings is 1. The first-order valence-electron chi connectivity index (χ1n) is 9.15. The van der Waals surface area contributed by atoms with Crippen molar-refractivity contribution in [2.24, 2.45) is 0 Å². The van der Waals surface area contributed by atoms with E-state index in [9.17, 15) is 13.7 Å². The average molecular weight is 455 g/mol. The highest BCUT2D eigenvalue weighted by Crippen LogP contribution is 2.30. The first-order chi connectivity index (χ1) is 15.0. The molecule has 0 saturated carbocycles. The maximum atomic E-state index is 14.9. The smallest absolute Gasteiger partial charge is 0.420 e. The maximum absolute atomic E-state index is 14.9. The molecule has 0 fully saturated rings. The van der Waals surface area contributed by atoms with Gasteiger partial charge in [0.2, 0.25) is 10.0 Å². The van der Waals surface area contributed by atoms with Gasteiger partial charge in [0, 0.05) is 41.4 Å². The Balaban J connectivity index is 1.59. The summed E-state index contributed by atoms with van der Waals surface area (Å²) in [6.07, 6.45) is 4.73. The predicted octanol–water partition coefficient (Wildman–Crippen LogP) is 3.88. The van der Waals surface area contributed by atoms with Gasteiger partial charge in [-0.1, -0.05) is 18.2 Å². The number of hydrogen-bond acceptors (Lipinski definition) is 8. The van der Waals surface area contributed by atoms with E-state index in [0.717, 1.165) is 33.9 Å². The Morgan fingerprint density at radius 2 is 2.19 bits per heavy atom. The van der Waals surface area contributed by atoms with Crippen molar-refractivity contribution in [1.82, 2.24) is 18.9 Å². The molecule has 0 saturated heterocycles. The number of hydrogen-bond donors (Lipinski definition) is 1. The highest BCUT2D eigenvalue weighted by atomic mass is 32.2. The quantitative estimate of drug-likeness (QED) is 0.401. The molecule has 0 aliphatic carbocycles. The normalized spacial score (nSPS) is 13.5. The van der Waals surface area contributed by atoms with E-state index in [-0.39, 0.29) is 21.1 Å². The number of oxazole rings is 1. The third-order valence-corrected chi connectivity index (χ3v) is 6.76. The lowest BCUT2D eigenvalue weighted by atomic mass is 10.0. The summed E-state index contributed by atoms with van der Waals surface area (Å²) in [5, 5.41) is 2.15. The molecule has 5 aromatic rings. The fourth-order valence-electron chi connectivity index (χ4n) is 3.54. The zero-order chi connectivity index (χ0) is 21.5. The van der Waals surface area contributed by atoms with Crippen LogP contribution in [0.15, 0.2) is 69.2 Å². The van der Waals surface area contributed by atoms with Crippen molar-refractivity contribution >= 4 is 49.9 Å². The topological polar surface area (TPSA) is 109 Å². The average Bonchev–Trinajstić information content (AvgIpc) is 3.38. The van der Waals surface area contributed by atoms with Crippen LogP contribution in [0.5, 0.6) is 0 Å². The summed E-state index contributed by atoms with van der Waals surface area (Å²) in [4.78, 5) is 20.6. The molecule has 3 aromatic heterocycles. The minimum Gasteiger partial charge on any atom is -0.588 e. The molecule has 31 heavy (non-hydrogen) atoms. The van der Waals surface area contributed by atoms with Crippen LogP contribution in [0.2, 0.25) is 0 Å². The Morgan fingerprint density at radius 3 is 3.00 bits per heavy atom. The number of nitrogens with zero attached hydrogens (tertiary/aromatic N) is 4. The summed E-state index contributed by atoms with van der Waals surface area (Å²) in [5.41, 5.74) is 1.26. The fourth-order valence-corrected chi connectivity index (χ4v) is 4.97. The molecule has 0 aliphatic heterocycles. The molecule has 1 unspecified atom stereocenters. The molecule has 156 valence electrons. The molecule has 2 aromatic carbocycles. The molecule has 8 nitrogen and oxygen atoms in total. The molecule has 0 bridgehead atoms. The number of rotatable bonds is 5. The molecule has 3 heterocycles. The van der Waals surface area contributed by atoms with Crippen molar-refractivity contribution in [2.45, 2.75) is 17.9 Å². The lowest BCUT2D eigenvalue weighted by Crippen LogP contribution is -2.19. The number of nitrogens with one attached hydrogen (secondary N) is 1. The largest absolute Gasteiger partial charge is 0.588 e. The minimum absolute atomic E-state index is 0.138. The van der Waals surface area contributed by atoms with Crippen LogP contribution < -0.4 is 10.5 Å². The molecule has 11 heteroatoms. The van der Waals surface area contributed by atoms with Crippen LogP contribution in [0.4, 0.5) is 9.52 Å². The molecule has 1 N–H and O–H groups in total. The number of aromatic nitrogens is 4. The molecule has 0 amide bonds. The number of halogens is 1. The summed E-state index contributed by atoms with van der Waals surface area (Å²) >= 11 is -0.946. The molecule has 0 aliphatic rings. The van der Waals surface area contributed by atoms with Gasteiger partial charge in [0.05, 0.1) is 11.6 Å². The van der Waals surface area contributed by atoms with Crippen LogP contribution in [0.3, 0.4) is 0 Å². The SMILES string of the molecule is C[C@H](c1cccc2ccncc12)n1c(=O)oc2cc([S+]([O-])Nc3ncns3)c(F)cc21. The highest BCUT2D eigenvalue weighted by Gasteiger charge is 2.25. The summed E-state index contributed by atoms with van der Waals surface area (Å²) in [6.45, 7) is 1.83. The molecule has 2 atom stereocenters. The standard InChI is InChI=1S/C20H14FN5O3S2/c1-11(13-4-2-3-12-5-6-22-9-14(12)13)26-16-7-15(21)18(8-17(16)29-20(26)27)31(28)25-19-23-10-24-30-19/h2-11H,1H3,(H,23,24,25)/t11-,31?/m1/s1. The van der Waals surface area contributed by atoms with Crippen molar-refractivity contribution in [2.75, 3.05) is 4.72 Å². The van der Waals surface area contributed by atoms with Gasteiger partial charge in [0.15, 0.2) is 11.4 Å². The Labute approximate surface area is 181 Å². The van der Waals surface area contributed by atoms with Gasteiger partial charge in [-0.15, -0.1) is 0 Å². The van der Waals surface area contributed by atoms with E-state index >= 15 is 0 Å². The summed E-state index contributed by atoms with van der Waals surface area (Å²) in [6, 6.07) is 9.61. The van der Waals surface area contributed by atoms with E-state index in [1.807, 2.05) is 31.2 Å². The monoisotopic (exact) mass is 455 g/mol. The zero-order valence-corrected chi connectivity index (χ0v) is 17.6. The predicted molar refractivity (Wildman–Crippen MR) is 116 cm³/mol. The van der Waals surface area contributed by atoms with Crippen molar-refractivity contribution in [3.63, 3.8) is 0 Å². The van der Waals surface area contributed by atoms with Crippen LogP contribution in [-0.4, -0.2) is 23.5 Å². The lowest BCUT2D eigenvalue weighted by Gasteiger charge is -2.16. The Kier molecular flexibility index (Phi) is 4.93. The minimum atomic E-state index is -1.94. The van der Waals surface area contributed by atoms with Crippen molar-refractivity contribution in [3.8, 4) is 0 Å². The van der Waals surface area contributed by atoms with Crippen LogP contribution >= 0.6 is 11.5 Å². The van der Waals surface area contributed by atoms with E-state index in [1.54, 1.807) is 12.4 Å². The van der Waals surface area contributed by atoms with Crippen LogP contribution in [0.1, 0.15) is 18.5 Å². The zero-order valence-electron chi connectivity index (χ0n) is 16.0. The van der Waals surface area contributed by atoms with Crippen LogP contribution in [0.25, 0.3) is 21.9 Å². The number of fused-ring (bicyclic) bond motifs is 2. The second-order valence-electron chi connectivity index (χ2n) is 6.73. The Morgan fingerprint density at radius 1 is 1.32 bits per heavy atom. The van der Waals surface area contributed by atoms with Gasteiger partial charge in [0.1, 0.15) is 17.7 Å². The first kappa shape index (κ1) is 19.7. The lowest BCUT2D eigenvalue weighted by molar-refractivity contribution is 0.490. The second-order valence-corrected chi connectivity index (χ2v) is 8.69. The van der Waals surface area contributed by atoms with Crippen molar-refractivity contribution in [1.29, 1.82) is 0 Å². The molecular formula is C20H14FN5O3S2. The summed E-state index contributed by atoms with van der Waals surface area (Å²) in [7, 11) is 0. The van der Waals surface area contributed by atoms with Gasteiger partial charge in [-0.25, -0.2) is 14.2 Å². The molecule has 0 radical (unpaired) electrons. The Bertz CT molecular complexity index is 1450. The maximum Gasteiger partial charge on any atom is 0.420 e. The second kappa shape index (κ2) is 7.76. The van der Waals surface area contributed by atoms with E-state index in [1.165, 1.54) is 17.0 Å². The molecule has 5 rings (SSSR count). The molecular weight excluding hydrogens is 441 g/mol. The fraction of sp³-hybridized carbons (Fsp3) is 0.100. The van der Waals surface area contributed by atoms with Gasteiger partial charge in [-0.2, -0.15) is 9.10 Å². The summed E-state index contributed by atoms with van der Waals surface area (Å²) in [5.74, 6) is -1.37. The number of benzene rings is 2. The first-order valence-corrected chi connectivity index (χ1v) is 11.1. The van der Waals surface area contributed by atoms with Crippen molar-refractivity contribution < 1.29 is 13.4 Å². The number of anilines is 1.